The van der Waals surface area contributed by atoms with E-state index in [0.717, 1.165) is 5.56 Å². The lowest BCUT2D eigenvalue weighted by atomic mass is 10.1. The minimum absolute atomic E-state index is 0.0826. The Morgan fingerprint density at radius 2 is 1.77 bits per heavy atom. The third kappa shape index (κ3) is 5.89. The molecule has 0 aliphatic carbocycles. The van der Waals surface area contributed by atoms with E-state index in [1.165, 1.54) is 25.3 Å². The van der Waals surface area contributed by atoms with Crippen LogP contribution >= 0.6 is 11.6 Å². The molecule has 0 fully saturated rings. The van der Waals surface area contributed by atoms with Crippen LogP contribution in [0.1, 0.15) is 22.3 Å². The first kappa shape index (κ1) is 19.5. The van der Waals surface area contributed by atoms with Gasteiger partial charge in [-0.15, -0.1) is 0 Å². The van der Waals surface area contributed by atoms with E-state index in [1.54, 1.807) is 0 Å². The Kier molecular flexibility index (Phi) is 7.17. The van der Waals surface area contributed by atoms with Crippen LogP contribution in [0.5, 0.6) is 0 Å². The first-order valence-corrected chi connectivity index (χ1v) is 8.35. The number of anilines is 1. The molecule has 2 rings (SSSR count). The van der Waals surface area contributed by atoms with Gasteiger partial charge in [0.1, 0.15) is 0 Å². The maximum absolute atomic E-state index is 12.0. The predicted molar refractivity (Wildman–Crippen MR) is 99.2 cm³/mol. The van der Waals surface area contributed by atoms with Crippen molar-refractivity contribution in [3.05, 3.63) is 64.7 Å². The summed E-state index contributed by atoms with van der Waals surface area (Å²) in [4.78, 5) is 35.4. The number of hydrogen-bond acceptors (Lipinski definition) is 4. The molecular formula is C19H19ClN2O4. The minimum atomic E-state index is -0.523. The third-order valence-electron chi connectivity index (χ3n) is 3.54. The van der Waals surface area contributed by atoms with Crippen LogP contribution in [0.3, 0.4) is 0 Å². The van der Waals surface area contributed by atoms with E-state index in [-0.39, 0.29) is 36.8 Å². The van der Waals surface area contributed by atoms with Crippen LogP contribution in [-0.2, 0) is 20.7 Å². The molecule has 2 aromatic rings. The van der Waals surface area contributed by atoms with Crippen molar-refractivity contribution in [3.63, 3.8) is 0 Å². The summed E-state index contributed by atoms with van der Waals surface area (Å²) in [5.74, 6) is -1.01. The molecule has 0 heterocycles. The molecule has 0 unspecified atom stereocenters. The number of nitrogens with one attached hydrogen (secondary N) is 2. The smallest absolute Gasteiger partial charge is 0.337 e. The van der Waals surface area contributed by atoms with Crippen molar-refractivity contribution >= 4 is 35.1 Å². The van der Waals surface area contributed by atoms with Gasteiger partial charge in [-0.05, 0) is 23.8 Å². The van der Waals surface area contributed by atoms with Crippen LogP contribution in [0.15, 0.2) is 48.5 Å². The molecule has 0 aliphatic heterocycles. The van der Waals surface area contributed by atoms with Crippen molar-refractivity contribution in [3.8, 4) is 0 Å². The van der Waals surface area contributed by atoms with Crippen LogP contribution in [0, 0.1) is 0 Å². The van der Waals surface area contributed by atoms with Gasteiger partial charge in [-0.2, -0.15) is 0 Å². The molecule has 2 amide bonds. The first-order chi connectivity index (χ1) is 12.5. The molecule has 6 nitrogen and oxygen atoms in total. The van der Waals surface area contributed by atoms with Gasteiger partial charge >= 0.3 is 5.97 Å². The summed E-state index contributed by atoms with van der Waals surface area (Å²) in [6, 6.07) is 13.8. The maximum atomic E-state index is 12.0. The second-order valence-electron chi connectivity index (χ2n) is 5.50. The molecule has 0 saturated heterocycles. The standard InChI is InChI=1S/C19H19ClN2O4/c1-26-19(25)14-7-8-15(20)16(12-14)22-17(23)9-10-21-18(24)11-13-5-3-2-4-6-13/h2-8,12H,9-11H2,1H3,(H,21,24)(H,22,23). The Hall–Kier alpha value is -2.86. The zero-order chi connectivity index (χ0) is 18.9. The lowest BCUT2D eigenvalue weighted by molar-refractivity contribution is -0.120. The monoisotopic (exact) mass is 374 g/mol. The minimum Gasteiger partial charge on any atom is -0.465 e. The number of rotatable bonds is 7. The SMILES string of the molecule is COC(=O)c1ccc(Cl)c(NC(=O)CCNC(=O)Cc2ccccc2)c1. The molecule has 26 heavy (non-hydrogen) atoms. The fraction of sp³-hybridized carbons (Fsp3) is 0.211. The average molecular weight is 375 g/mol. The van der Waals surface area contributed by atoms with Crippen molar-refractivity contribution < 1.29 is 19.1 Å². The van der Waals surface area contributed by atoms with Crippen LogP contribution in [-0.4, -0.2) is 31.4 Å². The number of ether oxygens (including phenoxy) is 1. The number of carbonyl (C=O) groups is 3. The van der Waals surface area contributed by atoms with Gasteiger partial charge in [0.05, 0.1) is 29.8 Å². The number of esters is 1. The zero-order valence-corrected chi connectivity index (χ0v) is 15.0. The zero-order valence-electron chi connectivity index (χ0n) is 14.3. The molecular weight excluding hydrogens is 356 g/mol. The first-order valence-electron chi connectivity index (χ1n) is 7.98. The molecule has 0 spiro atoms. The number of hydrogen-bond donors (Lipinski definition) is 2. The summed E-state index contributed by atoms with van der Waals surface area (Å²) in [5, 5.41) is 5.62. The Bertz CT molecular complexity index is 793. The molecule has 0 bridgehead atoms. The Morgan fingerprint density at radius 3 is 2.46 bits per heavy atom. The van der Waals surface area contributed by atoms with Crippen LogP contribution in [0.25, 0.3) is 0 Å². The van der Waals surface area contributed by atoms with Gasteiger partial charge in [-0.1, -0.05) is 41.9 Å². The normalized spacial score (nSPS) is 10.1. The van der Waals surface area contributed by atoms with E-state index < -0.39 is 5.97 Å². The summed E-state index contributed by atoms with van der Waals surface area (Å²) in [5.41, 5.74) is 1.50. The summed E-state index contributed by atoms with van der Waals surface area (Å²) < 4.78 is 4.63. The van der Waals surface area contributed by atoms with Crippen molar-refractivity contribution in [2.45, 2.75) is 12.8 Å². The predicted octanol–water partition coefficient (Wildman–Crippen LogP) is 2.81. The highest BCUT2D eigenvalue weighted by Crippen LogP contribution is 2.23. The molecule has 0 atom stereocenters. The van der Waals surface area contributed by atoms with E-state index in [1.807, 2.05) is 30.3 Å². The number of halogens is 1. The Balaban J connectivity index is 1.82. The van der Waals surface area contributed by atoms with Crippen molar-refractivity contribution in [1.29, 1.82) is 0 Å². The highest BCUT2D eigenvalue weighted by molar-refractivity contribution is 6.33. The van der Waals surface area contributed by atoms with Crippen molar-refractivity contribution in [2.24, 2.45) is 0 Å². The van der Waals surface area contributed by atoms with Crippen LogP contribution in [0.2, 0.25) is 5.02 Å². The summed E-state index contributed by atoms with van der Waals surface area (Å²) in [6.07, 6.45) is 0.342. The average Bonchev–Trinajstić information content (AvgIpc) is 2.63. The highest BCUT2D eigenvalue weighted by Gasteiger charge is 2.11. The lowest BCUT2D eigenvalue weighted by Crippen LogP contribution is -2.28. The summed E-state index contributed by atoms with van der Waals surface area (Å²) in [7, 11) is 1.27. The van der Waals surface area contributed by atoms with E-state index >= 15 is 0 Å². The largest absolute Gasteiger partial charge is 0.465 e. The van der Waals surface area contributed by atoms with Gasteiger partial charge in [-0.3, -0.25) is 9.59 Å². The van der Waals surface area contributed by atoms with Gasteiger partial charge in [0.25, 0.3) is 0 Å². The summed E-state index contributed by atoms with van der Waals surface area (Å²) in [6.45, 7) is 0.200. The number of benzene rings is 2. The lowest BCUT2D eigenvalue weighted by Gasteiger charge is -2.09. The van der Waals surface area contributed by atoms with Crippen LogP contribution in [0.4, 0.5) is 5.69 Å². The Morgan fingerprint density at radius 1 is 1.04 bits per heavy atom. The fourth-order valence-corrected chi connectivity index (χ4v) is 2.40. The fourth-order valence-electron chi connectivity index (χ4n) is 2.24. The van der Waals surface area contributed by atoms with Crippen LogP contribution < -0.4 is 10.6 Å². The number of methoxy groups -OCH3 is 1. The van der Waals surface area contributed by atoms with Gasteiger partial charge in [-0.25, -0.2) is 4.79 Å². The van der Waals surface area contributed by atoms with Crippen molar-refractivity contribution in [2.75, 3.05) is 19.0 Å². The topological polar surface area (TPSA) is 84.5 Å². The van der Waals surface area contributed by atoms with Gasteiger partial charge < -0.3 is 15.4 Å². The summed E-state index contributed by atoms with van der Waals surface area (Å²) >= 11 is 6.03. The molecule has 0 aliphatic rings. The molecule has 7 heteroatoms. The molecule has 2 aromatic carbocycles. The van der Waals surface area contributed by atoms with Gasteiger partial charge in [0, 0.05) is 13.0 Å². The second kappa shape index (κ2) is 9.58. The Labute approximate surface area is 156 Å². The molecule has 136 valence electrons. The van der Waals surface area contributed by atoms with E-state index in [2.05, 4.69) is 15.4 Å². The maximum Gasteiger partial charge on any atom is 0.337 e. The second-order valence-corrected chi connectivity index (χ2v) is 5.90. The number of carbonyl (C=O) groups excluding carboxylic acids is 3. The van der Waals surface area contributed by atoms with E-state index in [9.17, 15) is 14.4 Å². The molecule has 0 radical (unpaired) electrons. The quantitative estimate of drug-likeness (QED) is 0.730. The molecule has 0 saturated carbocycles. The van der Waals surface area contributed by atoms with E-state index in [4.69, 9.17) is 11.6 Å². The van der Waals surface area contributed by atoms with E-state index in [0.29, 0.717) is 10.7 Å². The van der Waals surface area contributed by atoms with Gasteiger partial charge in [0.15, 0.2) is 0 Å². The molecule has 2 N–H and O–H groups in total. The number of amides is 2. The van der Waals surface area contributed by atoms with Crippen molar-refractivity contribution in [1.82, 2.24) is 5.32 Å². The molecule has 0 aromatic heterocycles. The van der Waals surface area contributed by atoms with Gasteiger partial charge in [0.2, 0.25) is 11.8 Å². The highest BCUT2D eigenvalue weighted by atomic mass is 35.5. The third-order valence-corrected chi connectivity index (χ3v) is 3.87.